The van der Waals surface area contributed by atoms with Crippen molar-refractivity contribution in [2.45, 2.75) is 25.2 Å². The molecule has 1 atom stereocenters. The van der Waals surface area contributed by atoms with E-state index in [1.54, 1.807) is 17.9 Å². The maximum absolute atomic E-state index is 14.2. The van der Waals surface area contributed by atoms with Gasteiger partial charge in [-0.2, -0.15) is 18.3 Å². The number of ether oxygens (including phenoxy) is 1. The number of carboxylic acid groups (broad SMARTS) is 1. The van der Waals surface area contributed by atoms with Crippen LogP contribution in [0.5, 0.6) is 5.75 Å². The molecule has 4 rings (SSSR count). The Balaban J connectivity index is 0.000000298. The molecule has 1 fully saturated rings. The van der Waals surface area contributed by atoms with Gasteiger partial charge in [0.1, 0.15) is 24.2 Å². The number of halogens is 4. The van der Waals surface area contributed by atoms with Crippen LogP contribution in [0.3, 0.4) is 0 Å². The van der Waals surface area contributed by atoms with Crippen LogP contribution in [0, 0.1) is 5.82 Å². The second-order valence-corrected chi connectivity index (χ2v) is 6.44. The summed E-state index contributed by atoms with van der Waals surface area (Å²) in [6.45, 7) is 3.60. The van der Waals surface area contributed by atoms with E-state index in [1.807, 2.05) is 0 Å². The van der Waals surface area contributed by atoms with Gasteiger partial charge in [-0.3, -0.25) is 4.79 Å². The van der Waals surface area contributed by atoms with Crippen molar-refractivity contribution < 1.29 is 37.0 Å². The molecule has 3 heterocycles. The van der Waals surface area contributed by atoms with Crippen molar-refractivity contribution in [2.24, 2.45) is 5.10 Å². The molecule has 1 amide bonds. The van der Waals surface area contributed by atoms with Gasteiger partial charge in [0.05, 0.1) is 17.4 Å². The van der Waals surface area contributed by atoms with Crippen LogP contribution in [0.1, 0.15) is 6.92 Å². The molecule has 0 saturated carbocycles. The fourth-order valence-corrected chi connectivity index (χ4v) is 2.77. The third kappa shape index (κ3) is 4.34. The average molecular weight is 419 g/mol. The number of carbonyl (C=O) groups is 2. The van der Waals surface area contributed by atoms with E-state index in [-0.39, 0.29) is 24.4 Å². The molecule has 3 aliphatic rings. The Bertz CT molecular complexity index is 856. The van der Waals surface area contributed by atoms with E-state index in [4.69, 9.17) is 14.6 Å². The first-order chi connectivity index (χ1) is 13.6. The number of hydrogen-bond acceptors (Lipinski definition) is 7. The summed E-state index contributed by atoms with van der Waals surface area (Å²) in [6, 6.07) is 2.85. The predicted octanol–water partition coefficient (Wildman–Crippen LogP) is 0.873. The number of amidine groups is 1. The van der Waals surface area contributed by atoms with Crippen LogP contribution in [-0.2, 0) is 9.59 Å². The molecule has 0 aromatic heterocycles. The minimum atomic E-state index is -5.08. The summed E-state index contributed by atoms with van der Waals surface area (Å²) >= 11 is 0. The molecular formula is C16H17F4N5O4. The molecule has 1 saturated heterocycles. The predicted molar refractivity (Wildman–Crippen MR) is 93.4 cm³/mol. The molecule has 1 aromatic carbocycles. The Labute approximate surface area is 161 Å². The molecule has 0 aliphatic carbocycles. The summed E-state index contributed by atoms with van der Waals surface area (Å²) in [5.41, 5.74) is 3.53. The molecular weight excluding hydrogens is 402 g/mol. The van der Waals surface area contributed by atoms with Crippen LogP contribution in [0.2, 0.25) is 0 Å². The summed E-state index contributed by atoms with van der Waals surface area (Å²) in [4.78, 5) is 22.5. The smallest absolute Gasteiger partial charge is 0.483 e. The fraction of sp³-hybridized carbons (Fsp3) is 0.438. The second-order valence-electron chi connectivity index (χ2n) is 6.44. The molecule has 13 heteroatoms. The number of anilines is 2. The average Bonchev–Trinajstić information content (AvgIpc) is 2.61. The maximum Gasteiger partial charge on any atom is 0.490 e. The van der Waals surface area contributed by atoms with E-state index < -0.39 is 18.2 Å². The number of hydrogen-bond donors (Lipinski definition) is 4. The zero-order valence-electron chi connectivity index (χ0n) is 15.0. The van der Waals surface area contributed by atoms with Gasteiger partial charge in [0.2, 0.25) is 0 Å². The van der Waals surface area contributed by atoms with Gasteiger partial charge in [0.15, 0.2) is 5.84 Å². The Hall–Kier alpha value is -3.09. The van der Waals surface area contributed by atoms with Crippen molar-refractivity contribution in [1.29, 1.82) is 0 Å². The summed E-state index contributed by atoms with van der Waals surface area (Å²) in [5, 5.41) is 17.4. The highest BCUT2D eigenvalue weighted by atomic mass is 19.4. The first-order valence-electron chi connectivity index (χ1n) is 8.47. The number of nitrogens with one attached hydrogen (secondary N) is 3. The van der Waals surface area contributed by atoms with Gasteiger partial charge in [0, 0.05) is 19.2 Å². The van der Waals surface area contributed by atoms with Crippen molar-refractivity contribution in [3.05, 3.63) is 17.9 Å². The molecule has 1 aromatic rings. The number of aliphatic carboxylic acids is 1. The molecule has 9 nitrogen and oxygen atoms in total. The summed E-state index contributed by atoms with van der Waals surface area (Å²) < 4.78 is 51.5. The van der Waals surface area contributed by atoms with Gasteiger partial charge in [-0.05, 0) is 13.0 Å². The summed E-state index contributed by atoms with van der Waals surface area (Å²) in [5.74, 6) is -2.27. The second kappa shape index (κ2) is 7.73. The standard InChI is InChI=1S/C14H16FN5O2.C2HF3O2/c1-7-14(21)19-18-13-6-22-12-2-9(15)10(3-11(12)20(7)13)17-8-4-16-5-8;3-2(4,5)1(6)7/h2-3,7-8,16-17H,4-6H2,1H3,(H,19,21);(H,6,7). The number of fused-ring (bicyclic) bond motifs is 3. The third-order valence-corrected chi connectivity index (χ3v) is 4.39. The molecule has 1 unspecified atom stereocenters. The molecule has 0 radical (unpaired) electrons. The van der Waals surface area contributed by atoms with Gasteiger partial charge in [-0.15, -0.1) is 0 Å². The molecule has 29 heavy (non-hydrogen) atoms. The molecule has 0 bridgehead atoms. The largest absolute Gasteiger partial charge is 0.490 e. The molecule has 3 aliphatic heterocycles. The van der Waals surface area contributed by atoms with Gasteiger partial charge < -0.3 is 25.4 Å². The SMILES string of the molecule is CC1C(=O)NN=C2COc3cc(F)c(NC4CNC4)cc3N21.O=C(O)C(F)(F)F. The number of alkyl halides is 3. The normalized spacial score (nSPS) is 20.6. The van der Waals surface area contributed by atoms with E-state index >= 15 is 0 Å². The van der Waals surface area contributed by atoms with Crippen LogP contribution < -0.4 is 25.7 Å². The minimum absolute atomic E-state index is 0.196. The summed E-state index contributed by atoms with van der Waals surface area (Å²) in [6.07, 6.45) is -5.08. The lowest BCUT2D eigenvalue weighted by Crippen LogP contribution is -2.55. The lowest BCUT2D eigenvalue weighted by Gasteiger charge is -2.38. The first-order valence-corrected chi connectivity index (χ1v) is 8.47. The quantitative estimate of drug-likeness (QED) is 0.526. The van der Waals surface area contributed by atoms with E-state index in [9.17, 15) is 22.4 Å². The first kappa shape index (κ1) is 20.6. The Morgan fingerprint density at radius 2 is 2.03 bits per heavy atom. The van der Waals surface area contributed by atoms with Gasteiger partial charge in [-0.25, -0.2) is 14.6 Å². The Kier molecular flexibility index (Phi) is 5.50. The molecule has 4 N–H and O–H groups in total. The molecule has 0 spiro atoms. The highest BCUT2D eigenvalue weighted by molar-refractivity contribution is 6.09. The van der Waals surface area contributed by atoms with Crippen LogP contribution in [0.25, 0.3) is 0 Å². The van der Waals surface area contributed by atoms with Crippen molar-refractivity contribution in [3.8, 4) is 5.75 Å². The van der Waals surface area contributed by atoms with E-state index in [2.05, 4.69) is 21.2 Å². The highest BCUT2D eigenvalue weighted by Gasteiger charge is 2.38. The lowest BCUT2D eigenvalue weighted by molar-refractivity contribution is -0.192. The number of carboxylic acids is 1. The zero-order chi connectivity index (χ0) is 21.3. The maximum atomic E-state index is 14.2. The number of amides is 1. The third-order valence-electron chi connectivity index (χ3n) is 4.39. The Morgan fingerprint density at radius 3 is 2.59 bits per heavy atom. The van der Waals surface area contributed by atoms with Gasteiger partial charge in [0.25, 0.3) is 5.91 Å². The number of rotatable bonds is 2. The summed E-state index contributed by atoms with van der Waals surface area (Å²) in [7, 11) is 0. The van der Waals surface area contributed by atoms with Crippen LogP contribution in [-0.4, -0.2) is 60.8 Å². The highest BCUT2D eigenvalue weighted by Crippen LogP contribution is 2.38. The van der Waals surface area contributed by atoms with Crippen molar-refractivity contribution in [2.75, 3.05) is 29.9 Å². The topological polar surface area (TPSA) is 115 Å². The van der Waals surface area contributed by atoms with Crippen LogP contribution in [0.15, 0.2) is 17.2 Å². The fourth-order valence-electron chi connectivity index (χ4n) is 2.77. The van der Waals surface area contributed by atoms with Gasteiger partial charge >= 0.3 is 12.1 Å². The van der Waals surface area contributed by atoms with Crippen molar-refractivity contribution in [3.63, 3.8) is 0 Å². The Morgan fingerprint density at radius 1 is 1.38 bits per heavy atom. The van der Waals surface area contributed by atoms with Crippen molar-refractivity contribution >= 4 is 29.1 Å². The lowest BCUT2D eigenvalue weighted by atomic mass is 10.1. The minimum Gasteiger partial charge on any atom is -0.483 e. The number of benzene rings is 1. The van der Waals surface area contributed by atoms with Crippen LogP contribution in [0.4, 0.5) is 28.9 Å². The number of carbonyl (C=O) groups excluding carboxylic acids is 1. The number of hydrazone groups is 1. The molecule has 158 valence electrons. The monoisotopic (exact) mass is 419 g/mol. The van der Waals surface area contributed by atoms with E-state index in [1.165, 1.54) is 6.07 Å². The van der Waals surface area contributed by atoms with E-state index in [0.717, 1.165) is 13.1 Å². The van der Waals surface area contributed by atoms with E-state index in [0.29, 0.717) is 23.0 Å². The van der Waals surface area contributed by atoms with Crippen LogP contribution >= 0.6 is 0 Å². The van der Waals surface area contributed by atoms with Gasteiger partial charge in [-0.1, -0.05) is 0 Å². The zero-order valence-corrected chi connectivity index (χ0v) is 15.0. The number of nitrogens with zero attached hydrogens (tertiary/aromatic N) is 2. The van der Waals surface area contributed by atoms with Crippen molar-refractivity contribution in [1.82, 2.24) is 10.7 Å².